The van der Waals surface area contributed by atoms with Crippen LogP contribution in [-0.2, 0) is 26.0 Å². The van der Waals surface area contributed by atoms with Crippen LogP contribution in [0.15, 0.2) is 28.8 Å². The highest BCUT2D eigenvalue weighted by Gasteiger charge is 2.36. The molecule has 1 fully saturated rings. The molecule has 1 aromatic heterocycles. The molecule has 174 valence electrons. The molecule has 3 rings (SSSR count). The number of hydrogen-bond acceptors (Lipinski definition) is 8. The highest BCUT2D eigenvalue weighted by molar-refractivity contribution is 7.91. The summed E-state index contributed by atoms with van der Waals surface area (Å²) in [6.45, 7) is 7.46. The summed E-state index contributed by atoms with van der Waals surface area (Å²) in [5, 5.41) is 3.88. The second kappa shape index (κ2) is 9.72. The minimum atomic E-state index is -3.13. The Labute approximate surface area is 187 Å². The first-order valence-electron chi connectivity index (χ1n) is 10.5. The van der Waals surface area contributed by atoms with Gasteiger partial charge in [0.05, 0.1) is 28.3 Å². The predicted octanol–water partition coefficient (Wildman–Crippen LogP) is 2.45. The molecule has 0 saturated carbocycles. The lowest BCUT2D eigenvalue weighted by Crippen LogP contribution is -2.46. The van der Waals surface area contributed by atoms with Crippen LogP contribution in [0, 0.1) is 13.8 Å². The molecule has 2 unspecified atom stereocenters. The van der Waals surface area contributed by atoms with Crippen molar-refractivity contribution in [1.29, 1.82) is 0 Å². The molecule has 0 aliphatic carbocycles. The topological polar surface area (TPSA) is 116 Å². The molecule has 1 aliphatic rings. The molecule has 2 heterocycles. The minimum Gasteiger partial charge on any atom is -0.489 e. The number of carbonyl (C=O) groups is 2. The van der Waals surface area contributed by atoms with E-state index in [2.05, 4.69) is 5.16 Å². The Morgan fingerprint density at radius 1 is 1.31 bits per heavy atom. The van der Waals surface area contributed by atoms with Gasteiger partial charge >= 0.3 is 5.97 Å². The third-order valence-electron chi connectivity index (χ3n) is 5.54. The van der Waals surface area contributed by atoms with Crippen molar-refractivity contribution in [1.82, 2.24) is 10.1 Å². The van der Waals surface area contributed by atoms with Crippen LogP contribution in [0.25, 0.3) is 0 Å². The molecule has 1 saturated heterocycles. The van der Waals surface area contributed by atoms with Gasteiger partial charge < -0.3 is 18.9 Å². The van der Waals surface area contributed by atoms with Gasteiger partial charge in [-0.3, -0.25) is 4.79 Å². The largest absolute Gasteiger partial charge is 0.489 e. The Bertz CT molecular complexity index is 1070. The maximum Gasteiger partial charge on any atom is 0.339 e. The number of aryl methyl sites for hydroxylation is 2. The Morgan fingerprint density at radius 2 is 2.06 bits per heavy atom. The van der Waals surface area contributed by atoms with Gasteiger partial charge in [-0.25, -0.2) is 13.2 Å². The molecule has 0 bridgehead atoms. The van der Waals surface area contributed by atoms with Crippen molar-refractivity contribution in [3.05, 3.63) is 46.8 Å². The summed E-state index contributed by atoms with van der Waals surface area (Å²) in [5.41, 5.74) is 1.82. The quantitative estimate of drug-likeness (QED) is 0.547. The number of nitrogens with zero attached hydrogens (tertiary/aromatic N) is 2. The van der Waals surface area contributed by atoms with Gasteiger partial charge in [-0.2, -0.15) is 0 Å². The number of ether oxygens (including phenoxy) is 2. The molecular formula is C22H28N2O7S. The Balaban J connectivity index is 1.62. The molecule has 0 radical (unpaired) electrons. The average molecular weight is 465 g/mol. The van der Waals surface area contributed by atoms with E-state index in [4.69, 9.17) is 14.0 Å². The van der Waals surface area contributed by atoms with Crippen LogP contribution < -0.4 is 4.74 Å². The summed E-state index contributed by atoms with van der Waals surface area (Å²) in [6, 6.07) is 6.10. The van der Waals surface area contributed by atoms with Crippen molar-refractivity contribution >= 4 is 21.7 Å². The van der Waals surface area contributed by atoms with Crippen molar-refractivity contribution < 1.29 is 32.0 Å². The van der Waals surface area contributed by atoms with Gasteiger partial charge in [-0.1, -0.05) is 11.2 Å². The molecule has 0 N–H and O–H groups in total. The first-order valence-corrected chi connectivity index (χ1v) is 12.3. The molecule has 9 nitrogen and oxygen atoms in total. The van der Waals surface area contributed by atoms with Crippen LogP contribution in [0.3, 0.4) is 0 Å². The van der Waals surface area contributed by atoms with Gasteiger partial charge in [-0.05, 0) is 52.3 Å². The third kappa shape index (κ3) is 5.48. The van der Waals surface area contributed by atoms with Gasteiger partial charge in [0.2, 0.25) is 0 Å². The van der Waals surface area contributed by atoms with Crippen LogP contribution in [0.1, 0.15) is 47.6 Å². The molecule has 10 heteroatoms. The Morgan fingerprint density at radius 3 is 2.66 bits per heavy atom. The number of benzene rings is 1. The van der Waals surface area contributed by atoms with E-state index in [1.807, 2.05) is 6.92 Å². The van der Waals surface area contributed by atoms with Crippen LogP contribution >= 0.6 is 0 Å². The van der Waals surface area contributed by atoms with E-state index in [1.54, 1.807) is 38.1 Å². The van der Waals surface area contributed by atoms with Crippen molar-refractivity contribution in [3.8, 4) is 5.75 Å². The van der Waals surface area contributed by atoms with E-state index in [1.165, 1.54) is 11.8 Å². The first kappa shape index (κ1) is 23.8. The number of likely N-dealkylation sites (N-methyl/N-ethyl adjacent to an activating group) is 1. The lowest BCUT2D eigenvalue weighted by atomic mass is 10.2. The fourth-order valence-electron chi connectivity index (χ4n) is 3.70. The molecule has 2 aromatic rings. The van der Waals surface area contributed by atoms with Crippen molar-refractivity contribution in [2.24, 2.45) is 0 Å². The molecule has 32 heavy (non-hydrogen) atoms. The first-order chi connectivity index (χ1) is 15.1. The Kier molecular flexibility index (Phi) is 7.22. The average Bonchev–Trinajstić information content (AvgIpc) is 3.27. The number of esters is 1. The van der Waals surface area contributed by atoms with E-state index in [-0.39, 0.29) is 29.7 Å². The summed E-state index contributed by atoms with van der Waals surface area (Å²) in [7, 11) is -3.13. The number of aromatic nitrogens is 1. The smallest absolute Gasteiger partial charge is 0.339 e. The summed E-state index contributed by atoms with van der Waals surface area (Å²) in [6.07, 6.45) is -0.648. The van der Waals surface area contributed by atoms with E-state index in [0.29, 0.717) is 24.5 Å². The molecule has 2 atom stereocenters. The van der Waals surface area contributed by atoms with E-state index in [0.717, 1.165) is 11.3 Å². The van der Waals surface area contributed by atoms with Crippen molar-refractivity contribution in [2.75, 3.05) is 18.1 Å². The maximum absolute atomic E-state index is 12.8. The summed E-state index contributed by atoms with van der Waals surface area (Å²) >= 11 is 0. The van der Waals surface area contributed by atoms with Gasteiger partial charge in [0.1, 0.15) is 18.1 Å². The van der Waals surface area contributed by atoms with E-state index >= 15 is 0 Å². The van der Waals surface area contributed by atoms with E-state index < -0.39 is 27.8 Å². The zero-order valence-corrected chi connectivity index (χ0v) is 19.5. The maximum atomic E-state index is 12.8. The standard InChI is InChI=1S/C22H28N2O7S/c1-5-24(18-9-10-32(27,28)13-18)21(25)16(4)30-22(26)17-7-6-8-19(11-17)29-12-20-14(2)23-31-15(20)3/h6-8,11,16,18H,5,9-10,12-13H2,1-4H3. The molecule has 1 aliphatic heterocycles. The highest BCUT2D eigenvalue weighted by Crippen LogP contribution is 2.21. The normalized spacial score (nSPS) is 18.2. The van der Waals surface area contributed by atoms with Crippen molar-refractivity contribution in [2.45, 2.75) is 52.9 Å². The summed E-state index contributed by atoms with van der Waals surface area (Å²) in [4.78, 5) is 26.9. The zero-order chi connectivity index (χ0) is 23.5. The van der Waals surface area contributed by atoms with Crippen molar-refractivity contribution in [3.63, 3.8) is 0 Å². The highest BCUT2D eigenvalue weighted by atomic mass is 32.2. The minimum absolute atomic E-state index is 0.0578. The lowest BCUT2D eigenvalue weighted by molar-refractivity contribution is -0.141. The number of carbonyl (C=O) groups excluding carboxylic acids is 2. The number of sulfone groups is 1. The summed E-state index contributed by atoms with van der Waals surface area (Å²) < 4.78 is 39.8. The zero-order valence-electron chi connectivity index (χ0n) is 18.7. The van der Waals surface area contributed by atoms with Crippen LogP contribution in [0.2, 0.25) is 0 Å². The molecule has 1 amide bonds. The van der Waals surface area contributed by atoms with E-state index in [9.17, 15) is 18.0 Å². The molecule has 1 aromatic carbocycles. The van der Waals surface area contributed by atoms with Gasteiger partial charge in [0.15, 0.2) is 15.9 Å². The van der Waals surface area contributed by atoms with Crippen LogP contribution in [0.5, 0.6) is 5.75 Å². The fourth-order valence-corrected chi connectivity index (χ4v) is 5.43. The lowest BCUT2D eigenvalue weighted by Gasteiger charge is -2.29. The number of rotatable bonds is 8. The second-order valence-corrected chi connectivity index (χ2v) is 10.1. The fraction of sp³-hybridized carbons (Fsp3) is 0.500. The third-order valence-corrected chi connectivity index (χ3v) is 7.29. The molecule has 0 spiro atoms. The second-order valence-electron chi connectivity index (χ2n) is 7.85. The van der Waals surface area contributed by atoms with Crippen LogP contribution in [-0.4, -0.2) is 60.5 Å². The SMILES string of the molecule is CCN(C(=O)C(C)OC(=O)c1cccc(OCc2c(C)noc2C)c1)C1CCS(=O)(=O)C1. The van der Waals surface area contributed by atoms with Crippen LogP contribution in [0.4, 0.5) is 0 Å². The monoisotopic (exact) mass is 464 g/mol. The summed E-state index contributed by atoms with van der Waals surface area (Å²) in [5.74, 6) is 0.0666. The molecular weight excluding hydrogens is 436 g/mol. The number of hydrogen-bond donors (Lipinski definition) is 0. The number of amides is 1. The van der Waals surface area contributed by atoms with Gasteiger partial charge in [-0.15, -0.1) is 0 Å². The Hall–Kier alpha value is -2.88. The van der Waals surface area contributed by atoms with Gasteiger partial charge in [0.25, 0.3) is 5.91 Å². The predicted molar refractivity (Wildman–Crippen MR) is 116 cm³/mol. The van der Waals surface area contributed by atoms with Gasteiger partial charge in [0, 0.05) is 12.6 Å².